The Labute approximate surface area is 228 Å². The first-order chi connectivity index (χ1) is 18.9. The lowest BCUT2D eigenvalue weighted by molar-refractivity contribution is 0.0787. The first-order valence-electron chi connectivity index (χ1n) is 12.4. The minimum Gasteiger partial charge on any atom is -0.469 e. The molecular weight excluding hydrogens is 521 g/mol. The number of nitrogens with two attached hydrogens (primary N) is 1. The summed E-state index contributed by atoms with van der Waals surface area (Å²) in [6, 6.07) is 13.9. The van der Waals surface area contributed by atoms with Gasteiger partial charge in [0.15, 0.2) is 0 Å². The molecule has 3 aromatic heterocycles. The van der Waals surface area contributed by atoms with E-state index < -0.39 is 23.5 Å². The van der Waals surface area contributed by atoms with E-state index in [1.54, 1.807) is 26.8 Å². The SMILES string of the molecule is Cc1cc(-c2c(OCc3nc4ccc(C(C)(C)O)cc4n3C)nc(N)nc2-c2ccc(F)cc2)cc(C(F)F)n1. The quantitative estimate of drug-likeness (QED) is 0.262. The number of benzene rings is 2. The number of aliphatic hydroxyl groups is 1. The molecule has 0 aliphatic carbocycles. The van der Waals surface area contributed by atoms with E-state index in [0.29, 0.717) is 33.7 Å². The molecule has 0 atom stereocenters. The van der Waals surface area contributed by atoms with Crippen LogP contribution in [0, 0.1) is 12.7 Å². The fourth-order valence-electron chi connectivity index (χ4n) is 4.47. The fraction of sp³-hybridized carbons (Fsp3) is 0.241. The number of halogens is 3. The molecule has 11 heteroatoms. The minimum atomic E-state index is -2.80. The molecule has 0 bridgehead atoms. The second kappa shape index (κ2) is 10.2. The maximum absolute atomic E-state index is 13.7. The summed E-state index contributed by atoms with van der Waals surface area (Å²) in [5.74, 6) is 0.0336. The zero-order valence-corrected chi connectivity index (χ0v) is 22.3. The van der Waals surface area contributed by atoms with Gasteiger partial charge in [-0.1, -0.05) is 6.07 Å². The molecule has 0 saturated heterocycles. The largest absolute Gasteiger partial charge is 0.469 e. The minimum absolute atomic E-state index is 0.0406. The van der Waals surface area contributed by atoms with Gasteiger partial charge in [-0.2, -0.15) is 4.98 Å². The van der Waals surface area contributed by atoms with Crippen molar-refractivity contribution >= 4 is 17.0 Å². The number of imidazole rings is 1. The highest BCUT2D eigenvalue weighted by molar-refractivity contribution is 5.85. The van der Waals surface area contributed by atoms with Crippen LogP contribution in [0.1, 0.15) is 43.0 Å². The number of aromatic nitrogens is 5. The highest BCUT2D eigenvalue weighted by Gasteiger charge is 2.23. The Kier molecular flexibility index (Phi) is 6.92. The zero-order chi connectivity index (χ0) is 28.8. The molecular formula is C29H27F3N6O2. The zero-order valence-electron chi connectivity index (χ0n) is 22.3. The number of nitrogens with zero attached hydrogens (tertiary/aromatic N) is 5. The van der Waals surface area contributed by atoms with E-state index in [-0.39, 0.29) is 24.1 Å². The topological polar surface area (TPSA) is 112 Å². The van der Waals surface area contributed by atoms with Crippen molar-refractivity contribution in [2.24, 2.45) is 7.05 Å². The number of fused-ring (bicyclic) bond motifs is 1. The van der Waals surface area contributed by atoms with Gasteiger partial charge >= 0.3 is 0 Å². The predicted octanol–water partition coefficient (Wildman–Crippen LogP) is 5.87. The first kappa shape index (κ1) is 27.1. The number of ether oxygens (including phenoxy) is 1. The first-order valence-corrected chi connectivity index (χ1v) is 12.4. The summed E-state index contributed by atoms with van der Waals surface area (Å²) < 4.78 is 49.0. The van der Waals surface area contributed by atoms with Gasteiger partial charge in [0.1, 0.15) is 23.9 Å². The van der Waals surface area contributed by atoms with Gasteiger partial charge < -0.3 is 20.1 Å². The van der Waals surface area contributed by atoms with Crippen LogP contribution in [0.4, 0.5) is 19.1 Å². The molecule has 0 amide bonds. The Hall–Kier alpha value is -4.51. The number of alkyl halides is 2. The molecule has 206 valence electrons. The molecule has 0 spiro atoms. The van der Waals surface area contributed by atoms with E-state index in [2.05, 4.69) is 19.9 Å². The molecule has 2 aromatic carbocycles. The van der Waals surface area contributed by atoms with Crippen LogP contribution >= 0.6 is 0 Å². The average Bonchev–Trinajstić information content (AvgIpc) is 3.21. The van der Waals surface area contributed by atoms with E-state index in [9.17, 15) is 18.3 Å². The average molecular weight is 549 g/mol. The highest BCUT2D eigenvalue weighted by atomic mass is 19.3. The van der Waals surface area contributed by atoms with Crippen LogP contribution in [-0.4, -0.2) is 29.6 Å². The third-order valence-corrected chi connectivity index (χ3v) is 6.51. The van der Waals surface area contributed by atoms with Gasteiger partial charge in [0.05, 0.1) is 27.9 Å². The summed E-state index contributed by atoms with van der Waals surface area (Å²) in [5, 5.41) is 10.4. The number of anilines is 1. The summed E-state index contributed by atoms with van der Waals surface area (Å²) in [7, 11) is 1.82. The Morgan fingerprint density at radius 2 is 1.70 bits per heavy atom. The third-order valence-electron chi connectivity index (χ3n) is 6.51. The number of hydrogen-bond acceptors (Lipinski definition) is 7. The Morgan fingerprint density at radius 3 is 2.38 bits per heavy atom. The number of rotatable bonds is 7. The van der Waals surface area contributed by atoms with Gasteiger partial charge in [0.25, 0.3) is 6.43 Å². The fourth-order valence-corrected chi connectivity index (χ4v) is 4.47. The number of hydrogen-bond donors (Lipinski definition) is 2. The normalized spacial score (nSPS) is 11.9. The molecule has 3 N–H and O–H groups in total. The lowest BCUT2D eigenvalue weighted by atomic mass is 9.98. The Balaban J connectivity index is 1.62. The Morgan fingerprint density at radius 1 is 0.975 bits per heavy atom. The van der Waals surface area contributed by atoms with E-state index in [1.807, 2.05) is 29.8 Å². The third kappa shape index (κ3) is 5.32. The molecule has 0 fully saturated rings. The van der Waals surface area contributed by atoms with Crippen LogP contribution in [0.25, 0.3) is 33.4 Å². The lowest BCUT2D eigenvalue weighted by Crippen LogP contribution is -2.15. The summed E-state index contributed by atoms with van der Waals surface area (Å²) >= 11 is 0. The maximum atomic E-state index is 13.7. The summed E-state index contributed by atoms with van der Waals surface area (Å²) in [6.07, 6.45) is -2.80. The second-order valence-electron chi connectivity index (χ2n) is 9.98. The molecule has 40 heavy (non-hydrogen) atoms. The number of nitrogen functional groups attached to an aromatic ring is 1. The molecule has 0 unspecified atom stereocenters. The predicted molar refractivity (Wildman–Crippen MR) is 145 cm³/mol. The van der Waals surface area contributed by atoms with Crippen molar-refractivity contribution in [2.75, 3.05) is 5.73 Å². The van der Waals surface area contributed by atoms with Crippen molar-refractivity contribution in [1.29, 1.82) is 0 Å². The molecule has 0 aliphatic heterocycles. The van der Waals surface area contributed by atoms with Gasteiger partial charge in [-0.25, -0.2) is 23.1 Å². The lowest BCUT2D eigenvalue weighted by Gasteiger charge is -2.17. The molecule has 3 heterocycles. The molecule has 5 rings (SSSR count). The van der Waals surface area contributed by atoms with Crippen LogP contribution in [0.15, 0.2) is 54.6 Å². The monoisotopic (exact) mass is 548 g/mol. The van der Waals surface area contributed by atoms with E-state index in [1.165, 1.54) is 30.3 Å². The van der Waals surface area contributed by atoms with Crippen molar-refractivity contribution in [3.8, 4) is 28.3 Å². The van der Waals surface area contributed by atoms with Gasteiger partial charge in [0, 0.05) is 18.3 Å². The van der Waals surface area contributed by atoms with Crippen LogP contribution in [0.5, 0.6) is 5.88 Å². The van der Waals surface area contributed by atoms with Crippen molar-refractivity contribution < 1.29 is 23.0 Å². The number of aryl methyl sites for hydroxylation is 2. The smallest absolute Gasteiger partial charge is 0.280 e. The van der Waals surface area contributed by atoms with Gasteiger partial charge in [-0.3, -0.25) is 4.98 Å². The summed E-state index contributed by atoms with van der Waals surface area (Å²) in [4.78, 5) is 17.2. The maximum Gasteiger partial charge on any atom is 0.280 e. The molecule has 8 nitrogen and oxygen atoms in total. The van der Waals surface area contributed by atoms with E-state index in [0.717, 1.165) is 11.1 Å². The van der Waals surface area contributed by atoms with Gasteiger partial charge in [-0.05, 0) is 80.4 Å². The van der Waals surface area contributed by atoms with Crippen molar-refractivity contribution in [1.82, 2.24) is 24.5 Å². The van der Waals surface area contributed by atoms with Crippen molar-refractivity contribution in [3.63, 3.8) is 0 Å². The molecule has 0 saturated carbocycles. The second-order valence-corrected chi connectivity index (χ2v) is 9.98. The van der Waals surface area contributed by atoms with Gasteiger partial charge in [0.2, 0.25) is 11.8 Å². The van der Waals surface area contributed by atoms with E-state index >= 15 is 0 Å². The van der Waals surface area contributed by atoms with Crippen LogP contribution < -0.4 is 10.5 Å². The Bertz CT molecular complexity index is 1710. The summed E-state index contributed by atoms with van der Waals surface area (Å²) in [6.45, 7) is 4.97. The van der Waals surface area contributed by atoms with Crippen LogP contribution in [-0.2, 0) is 19.3 Å². The van der Waals surface area contributed by atoms with Crippen molar-refractivity contribution in [2.45, 2.75) is 39.4 Å². The molecule has 0 aliphatic rings. The van der Waals surface area contributed by atoms with Crippen LogP contribution in [0.2, 0.25) is 0 Å². The number of pyridine rings is 1. The summed E-state index contributed by atoms with van der Waals surface area (Å²) in [5.41, 5.74) is 8.61. The molecule has 0 radical (unpaired) electrons. The highest BCUT2D eigenvalue weighted by Crippen LogP contribution is 2.39. The molecule has 5 aromatic rings. The van der Waals surface area contributed by atoms with Crippen LogP contribution in [0.3, 0.4) is 0 Å². The van der Waals surface area contributed by atoms with E-state index in [4.69, 9.17) is 10.5 Å². The van der Waals surface area contributed by atoms with Crippen molar-refractivity contribution in [3.05, 3.63) is 83.2 Å². The standard InChI is InChI=1S/C29H27F3N6O2/c1-15-11-17(12-21(34-15)26(31)32)24-25(16-5-8-19(30)9-6-16)36-28(33)37-27(24)40-14-23-35-20-10-7-18(29(2,3)39)13-22(20)38(23)4/h5-13,26,39H,14H2,1-4H3,(H2,33,36,37). The van der Waals surface area contributed by atoms with Gasteiger partial charge in [-0.15, -0.1) is 0 Å².